The Morgan fingerprint density at radius 1 is 1.56 bits per heavy atom. The standard InChI is InChI=1S/C13H20N2O2S/c1-4-10(8-18-3)15-12-6-5-9(7-11(12)14)13(16)17-2/h5-7,10,15H,4,8,14H2,1-3H3. The summed E-state index contributed by atoms with van der Waals surface area (Å²) in [5, 5.41) is 3.38. The number of rotatable bonds is 6. The van der Waals surface area contributed by atoms with Gasteiger partial charge in [-0.2, -0.15) is 11.8 Å². The molecule has 0 aromatic heterocycles. The zero-order chi connectivity index (χ0) is 13.5. The zero-order valence-electron chi connectivity index (χ0n) is 11.0. The van der Waals surface area contributed by atoms with Crippen molar-refractivity contribution in [3.05, 3.63) is 23.8 Å². The number of methoxy groups -OCH3 is 1. The summed E-state index contributed by atoms with van der Waals surface area (Å²) in [6.07, 6.45) is 3.10. The van der Waals surface area contributed by atoms with Gasteiger partial charge in [-0.1, -0.05) is 6.92 Å². The molecule has 5 heteroatoms. The van der Waals surface area contributed by atoms with Crippen LogP contribution in [-0.4, -0.2) is 31.1 Å². The van der Waals surface area contributed by atoms with Gasteiger partial charge in [0.05, 0.1) is 24.0 Å². The fourth-order valence-corrected chi connectivity index (χ4v) is 2.34. The van der Waals surface area contributed by atoms with E-state index in [1.807, 2.05) is 6.07 Å². The Balaban J connectivity index is 2.82. The molecule has 0 heterocycles. The summed E-state index contributed by atoms with van der Waals surface area (Å²) in [5.74, 6) is 0.652. The number of ether oxygens (including phenoxy) is 1. The van der Waals surface area contributed by atoms with Crippen LogP contribution in [0.1, 0.15) is 23.7 Å². The highest BCUT2D eigenvalue weighted by atomic mass is 32.2. The van der Waals surface area contributed by atoms with Crippen molar-refractivity contribution in [2.45, 2.75) is 19.4 Å². The van der Waals surface area contributed by atoms with Crippen LogP contribution in [0.4, 0.5) is 11.4 Å². The molecule has 1 unspecified atom stereocenters. The minimum atomic E-state index is -0.371. The summed E-state index contributed by atoms with van der Waals surface area (Å²) in [7, 11) is 1.36. The van der Waals surface area contributed by atoms with Gasteiger partial charge in [-0.3, -0.25) is 0 Å². The predicted molar refractivity (Wildman–Crippen MR) is 78.3 cm³/mol. The first-order valence-electron chi connectivity index (χ1n) is 5.85. The lowest BCUT2D eigenvalue weighted by atomic mass is 10.1. The smallest absolute Gasteiger partial charge is 0.337 e. The summed E-state index contributed by atoms with van der Waals surface area (Å²) in [4.78, 5) is 11.4. The van der Waals surface area contributed by atoms with E-state index in [1.54, 1.807) is 23.9 Å². The summed E-state index contributed by atoms with van der Waals surface area (Å²) in [6, 6.07) is 5.56. The van der Waals surface area contributed by atoms with Gasteiger partial charge in [-0.25, -0.2) is 4.79 Å². The van der Waals surface area contributed by atoms with Crippen molar-refractivity contribution >= 4 is 29.1 Å². The van der Waals surface area contributed by atoms with E-state index in [4.69, 9.17) is 5.73 Å². The Labute approximate surface area is 112 Å². The van der Waals surface area contributed by atoms with Crippen LogP contribution < -0.4 is 11.1 Å². The molecule has 0 radical (unpaired) electrons. The van der Waals surface area contributed by atoms with Crippen LogP contribution in [0.3, 0.4) is 0 Å². The number of nitrogens with one attached hydrogen (secondary N) is 1. The molecule has 1 aromatic rings. The normalized spacial score (nSPS) is 11.9. The van der Waals surface area contributed by atoms with E-state index >= 15 is 0 Å². The third-order valence-electron chi connectivity index (χ3n) is 2.69. The quantitative estimate of drug-likeness (QED) is 0.613. The number of carbonyl (C=O) groups is 1. The van der Waals surface area contributed by atoms with Gasteiger partial charge in [0.1, 0.15) is 0 Å². The first-order valence-corrected chi connectivity index (χ1v) is 7.25. The first kappa shape index (κ1) is 14.7. The van der Waals surface area contributed by atoms with Gasteiger partial charge in [0, 0.05) is 11.8 Å². The first-order chi connectivity index (χ1) is 8.62. The van der Waals surface area contributed by atoms with Crippen molar-refractivity contribution in [2.24, 2.45) is 0 Å². The second-order valence-corrected chi connectivity index (χ2v) is 4.91. The molecule has 1 aromatic carbocycles. The topological polar surface area (TPSA) is 64.3 Å². The number of hydrogen-bond donors (Lipinski definition) is 2. The molecule has 0 aliphatic carbocycles. The highest BCUT2D eigenvalue weighted by molar-refractivity contribution is 7.98. The molecule has 0 bridgehead atoms. The van der Waals surface area contributed by atoms with Gasteiger partial charge in [-0.05, 0) is 30.9 Å². The molecule has 1 rings (SSSR count). The van der Waals surface area contributed by atoms with Crippen LogP contribution in [0, 0.1) is 0 Å². The van der Waals surface area contributed by atoms with E-state index in [0.29, 0.717) is 17.3 Å². The van der Waals surface area contributed by atoms with Crippen LogP contribution in [-0.2, 0) is 4.74 Å². The molecule has 3 N–H and O–H groups in total. The molecule has 100 valence electrons. The van der Waals surface area contributed by atoms with Crippen molar-refractivity contribution in [2.75, 3.05) is 30.2 Å². The molecule has 0 aliphatic rings. The van der Waals surface area contributed by atoms with Crippen LogP contribution in [0.5, 0.6) is 0 Å². The summed E-state index contributed by atoms with van der Waals surface area (Å²) < 4.78 is 4.65. The van der Waals surface area contributed by atoms with Gasteiger partial charge in [-0.15, -0.1) is 0 Å². The maximum Gasteiger partial charge on any atom is 0.337 e. The number of benzene rings is 1. The molecular weight excluding hydrogens is 248 g/mol. The molecule has 1 atom stereocenters. The van der Waals surface area contributed by atoms with Crippen molar-refractivity contribution < 1.29 is 9.53 Å². The fourth-order valence-electron chi connectivity index (χ4n) is 1.62. The second-order valence-electron chi connectivity index (χ2n) is 4.00. The SMILES string of the molecule is CCC(CSC)Nc1ccc(C(=O)OC)cc1N. The van der Waals surface area contributed by atoms with Crippen LogP contribution in [0.2, 0.25) is 0 Å². The molecule has 0 fully saturated rings. The Morgan fingerprint density at radius 3 is 2.78 bits per heavy atom. The lowest BCUT2D eigenvalue weighted by Gasteiger charge is -2.18. The Hall–Kier alpha value is -1.36. The largest absolute Gasteiger partial charge is 0.465 e. The van der Waals surface area contributed by atoms with Crippen LogP contribution in [0.15, 0.2) is 18.2 Å². The van der Waals surface area contributed by atoms with E-state index in [9.17, 15) is 4.79 Å². The van der Waals surface area contributed by atoms with E-state index < -0.39 is 0 Å². The van der Waals surface area contributed by atoms with Gasteiger partial charge in [0.25, 0.3) is 0 Å². The average Bonchev–Trinajstić information content (AvgIpc) is 2.39. The average molecular weight is 268 g/mol. The van der Waals surface area contributed by atoms with E-state index in [-0.39, 0.29) is 5.97 Å². The number of hydrogen-bond acceptors (Lipinski definition) is 5. The molecule has 0 amide bonds. The minimum Gasteiger partial charge on any atom is -0.465 e. The zero-order valence-corrected chi connectivity index (χ0v) is 11.8. The van der Waals surface area contributed by atoms with Crippen LogP contribution in [0.25, 0.3) is 0 Å². The van der Waals surface area contributed by atoms with E-state index in [0.717, 1.165) is 17.9 Å². The third-order valence-corrected chi connectivity index (χ3v) is 3.43. The Bertz CT molecular complexity index is 410. The summed E-state index contributed by atoms with van der Waals surface area (Å²) in [6.45, 7) is 2.13. The number of nitrogens with two attached hydrogens (primary N) is 1. The van der Waals surface area contributed by atoms with Crippen LogP contribution >= 0.6 is 11.8 Å². The number of carbonyl (C=O) groups excluding carboxylic acids is 1. The van der Waals surface area contributed by atoms with Crippen molar-refractivity contribution in [3.63, 3.8) is 0 Å². The minimum absolute atomic E-state index is 0.371. The van der Waals surface area contributed by atoms with E-state index in [1.165, 1.54) is 7.11 Å². The fraction of sp³-hybridized carbons (Fsp3) is 0.462. The highest BCUT2D eigenvalue weighted by Crippen LogP contribution is 2.22. The predicted octanol–water partition coefficient (Wildman–Crippen LogP) is 2.61. The number of anilines is 2. The molecular formula is C13H20N2O2S. The lowest BCUT2D eigenvalue weighted by molar-refractivity contribution is 0.0601. The molecule has 4 nitrogen and oxygen atoms in total. The monoisotopic (exact) mass is 268 g/mol. The van der Waals surface area contributed by atoms with Crippen molar-refractivity contribution in [1.29, 1.82) is 0 Å². The van der Waals surface area contributed by atoms with Gasteiger partial charge >= 0.3 is 5.97 Å². The van der Waals surface area contributed by atoms with Crippen molar-refractivity contribution in [1.82, 2.24) is 0 Å². The second kappa shape index (κ2) is 7.16. The lowest BCUT2D eigenvalue weighted by Crippen LogP contribution is -2.21. The maximum atomic E-state index is 11.4. The third kappa shape index (κ3) is 3.84. The van der Waals surface area contributed by atoms with E-state index in [2.05, 4.69) is 23.2 Å². The van der Waals surface area contributed by atoms with Gasteiger partial charge < -0.3 is 15.8 Å². The molecule has 0 spiro atoms. The molecule has 0 saturated carbocycles. The summed E-state index contributed by atoms with van der Waals surface area (Å²) >= 11 is 1.79. The molecule has 18 heavy (non-hydrogen) atoms. The Morgan fingerprint density at radius 2 is 2.28 bits per heavy atom. The number of nitrogen functional groups attached to an aromatic ring is 1. The molecule has 0 saturated heterocycles. The number of thioether (sulfide) groups is 1. The molecule has 0 aliphatic heterocycles. The van der Waals surface area contributed by atoms with Gasteiger partial charge in [0.2, 0.25) is 0 Å². The van der Waals surface area contributed by atoms with Crippen molar-refractivity contribution in [3.8, 4) is 0 Å². The Kier molecular flexibility index (Phi) is 5.85. The summed E-state index contributed by atoms with van der Waals surface area (Å²) in [5.41, 5.74) is 7.84. The number of esters is 1. The van der Waals surface area contributed by atoms with Gasteiger partial charge in [0.15, 0.2) is 0 Å². The maximum absolute atomic E-state index is 11.4. The highest BCUT2D eigenvalue weighted by Gasteiger charge is 2.10.